The molecular formula is C20H31N3O3. The minimum atomic E-state index is -0.0323. The Morgan fingerprint density at radius 1 is 1.27 bits per heavy atom. The first-order chi connectivity index (χ1) is 12.5. The maximum Gasteiger partial charge on any atom is 0.223 e. The van der Waals surface area contributed by atoms with Crippen molar-refractivity contribution in [2.75, 3.05) is 50.8 Å². The van der Waals surface area contributed by atoms with E-state index in [0.29, 0.717) is 19.5 Å². The number of amides is 2. The first kappa shape index (κ1) is 20.4. The summed E-state index contributed by atoms with van der Waals surface area (Å²) in [4.78, 5) is 28.4. The van der Waals surface area contributed by atoms with Gasteiger partial charge < -0.3 is 15.0 Å². The summed E-state index contributed by atoms with van der Waals surface area (Å²) in [7, 11) is 0. The molecule has 1 fully saturated rings. The summed E-state index contributed by atoms with van der Waals surface area (Å²) in [6, 6.07) is 6.06. The van der Waals surface area contributed by atoms with Crippen LogP contribution in [0.3, 0.4) is 0 Å². The third-order valence-electron chi connectivity index (χ3n) is 4.77. The molecule has 0 bridgehead atoms. The van der Waals surface area contributed by atoms with E-state index in [9.17, 15) is 9.59 Å². The van der Waals surface area contributed by atoms with Gasteiger partial charge in [-0.25, -0.2) is 0 Å². The second-order valence-corrected chi connectivity index (χ2v) is 6.66. The lowest BCUT2D eigenvalue weighted by atomic mass is 10.0. The number of para-hydroxylation sites is 1. The number of anilines is 1. The van der Waals surface area contributed by atoms with Crippen molar-refractivity contribution in [1.82, 2.24) is 10.2 Å². The van der Waals surface area contributed by atoms with E-state index in [0.717, 1.165) is 56.1 Å². The first-order valence-corrected chi connectivity index (χ1v) is 9.46. The van der Waals surface area contributed by atoms with Crippen molar-refractivity contribution in [3.05, 3.63) is 29.3 Å². The summed E-state index contributed by atoms with van der Waals surface area (Å²) in [5.74, 6) is -0.0498. The van der Waals surface area contributed by atoms with Crippen molar-refractivity contribution in [1.29, 1.82) is 0 Å². The van der Waals surface area contributed by atoms with E-state index in [1.54, 1.807) is 11.8 Å². The fourth-order valence-corrected chi connectivity index (χ4v) is 3.30. The molecule has 2 rings (SSSR count). The molecular weight excluding hydrogens is 330 g/mol. The molecule has 0 aromatic heterocycles. The number of rotatable bonds is 8. The van der Waals surface area contributed by atoms with Gasteiger partial charge in [0.25, 0.3) is 0 Å². The normalized spacial score (nSPS) is 14.9. The fourth-order valence-electron chi connectivity index (χ4n) is 3.30. The topological polar surface area (TPSA) is 61.9 Å². The molecule has 6 nitrogen and oxygen atoms in total. The van der Waals surface area contributed by atoms with E-state index >= 15 is 0 Å². The smallest absolute Gasteiger partial charge is 0.223 e. The highest BCUT2D eigenvalue weighted by Gasteiger charge is 2.18. The van der Waals surface area contributed by atoms with Crippen molar-refractivity contribution in [3.8, 4) is 0 Å². The number of carbonyl (C=O) groups is 2. The largest absolute Gasteiger partial charge is 0.379 e. The molecule has 1 N–H and O–H groups in total. The van der Waals surface area contributed by atoms with Gasteiger partial charge in [-0.1, -0.05) is 25.1 Å². The van der Waals surface area contributed by atoms with Crippen LogP contribution < -0.4 is 10.2 Å². The summed E-state index contributed by atoms with van der Waals surface area (Å²) < 4.78 is 5.32. The maximum absolute atomic E-state index is 12.2. The monoisotopic (exact) mass is 361 g/mol. The van der Waals surface area contributed by atoms with Gasteiger partial charge in [-0.3, -0.25) is 14.5 Å². The number of hydrogen-bond donors (Lipinski definition) is 1. The zero-order chi connectivity index (χ0) is 18.9. The van der Waals surface area contributed by atoms with Crippen LogP contribution in [-0.2, 0) is 20.7 Å². The van der Waals surface area contributed by atoms with Crippen molar-refractivity contribution in [2.45, 2.75) is 33.6 Å². The Labute approximate surface area is 156 Å². The molecule has 0 unspecified atom stereocenters. The summed E-state index contributed by atoms with van der Waals surface area (Å²) in [5, 5.41) is 2.96. The summed E-state index contributed by atoms with van der Waals surface area (Å²) in [5.41, 5.74) is 3.14. The fraction of sp³-hybridized carbons (Fsp3) is 0.600. The number of hydrogen-bond acceptors (Lipinski definition) is 4. The molecule has 0 saturated carbocycles. The molecule has 1 saturated heterocycles. The van der Waals surface area contributed by atoms with Crippen molar-refractivity contribution in [2.24, 2.45) is 0 Å². The number of carbonyl (C=O) groups excluding carboxylic acids is 2. The molecule has 0 aliphatic carbocycles. The van der Waals surface area contributed by atoms with Crippen LogP contribution in [0, 0.1) is 6.92 Å². The second kappa shape index (κ2) is 10.3. The Kier molecular flexibility index (Phi) is 8.06. The Morgan fingerprint density at radius 2 is 2.00 bits per heavy atom. The van der Waals surface area contributed by atoms with E-state index in [1.807, 2.05) is 25.1 Å². The van der Waals surface area contributed by atoms with Crippen LogP contribution in [0.4, 0.5) is 5.69 Å². The van der Waals surface area contributed by atoms with Crippen molar-refractivity contribution in [3.63, 3.8) is 0 Å². The molecule has 144 valence electrons. The quantitative estimate of drug-likeness (QED) is 0.766. The third kappa shape index (κ3) is 5.81. The number of ether oxygens (including phenoxy) is 1. The predicted molar refractivity (Wildman–Crippen MR) is 103 cm³/mol. The maximum atomic E-state index is 12.2. The number of nitrogens with zero attached hydrogens (tertiary/aromatic N) is 2. The molecule has 6 heteroatoms. The molecule has 1 aromatic carbocycles. The van der Waals surface area contributed by atoms with Crippen LogP contribution in [0.15, 0.2) is 18.2 Å². The van der Waals surface area contributed by atoms with E-state index in [-0.39, 0.29) is 11.8 Å². The summed E-state index contributed by atoms with van der Waals surface area (Å²) in [6.07, 6.45) is 1.16. The zero-order valence-electron chi connectivity index (χ0n) is 16.2. The highest BCUT2D eigenvalue weighted by Crippen LogP contribution is 2.26. The van der Waals surface area contributed by atoms with Gasteiger partial charge in [0.1, 0.15) is 0 Å². The highest BCUT2D eigenvalue weighted by molar-refractivity contribution is 5.94. The minimum Gasteiger partial charge on any atom is -0.379 e. The standard InChI is InChI=1S/C20H31N3O3/c1-4-18-7-5-6-16(2)20(18)23(17(3)24)10-8-19(25)21-9-11-22-12-14-26-15-13-22/h5-7H,4,8-15H2,1-3H3,(H,21,25). The SMILES string of the molecule is CCc1cccc(C)c1N(CCC(=O)NCCN1CCOCC1)C(C)=O. The summed E-state index contributed by atoms with van der Waals surface area (Å²) in [6.45, 7) is 10.9. The summed E-state index contributed by atoms with van der Waals surface area (Å²) >= 11 is 0. The van der Waals surface area contributed by atoms with E-state index in [2.05, 4.69) is 17.1 Å². The lowest BCUT2D eigenvalue weighted by molar-refractivity contribution is -0.121. The Bertz CT molecular complexity index is 612. The molecule has 0 radical (unpaired) electrons. The van der Waals surface area contributed by atoms with Gasteiger partial charge in [0, 0.05) is 51.8 Å². The van der Waals surface area contributed by atoms with Crippen LogP contribution in [0.1, 0.15) is 31.4 Å². The van der Waals surface area contributed by atoms with Crippen LogP contribution >= 0.6 is 0 Å². The van der Waals surface area contributed by atoms with Crippen molar-refractivity contribution < 1.29 is 14.3 Å². The number of benzene rings is 1. The van der Waals surface area contributed by atoms with Crippen LogP contribution in [-0.4, -0.2) is 62.7 Å². The average molecular weight is 361 g/mol. The highest BCUT2D eigenvalue weighted by atomic mass is 16.5. The minimum absolute atomic E-state index is 0.0175. The molecule has 26 heavy (non-hydrogen) atoms. The lowest BCUT2D eigenvalue weighted by Gasteiger charge is -2.27. The zero-order valence-corrected chi connectivity index (χ0v) is 16.2. The van der Waals surface area contributed by atoms with Gasteiger partial charge in [0.05, 0.1) is 13.2 Å². The Morgan fingerprint density at radius 3 is 2.65 bits per heavy atom. The Hall–Kier alpha value is -1.92. The Balaban J connectivity index is 1.86. The van der Waals surface area contributed by atoms with E-state index in [4.69, 9.17) is 4.74 Å². The number of aryl methyl sites for hydroxylation is 2. The van der Waals surface area contributed by atoms with Gasteiger partial charge in [-0.05, 0) is 24.5 Å². The molecule has 1 aromatic rings. The third-order valence-corrected chi connectivity index (χ3v) is 4.77. The molecule has 0 atom stereocenters. The molecule has 1 heterocycles. The van der Waals surface area contributed by atoms with Crippen LogP contribution in [0.25, 0.3) is 0 Å². The van der Waals surface area contributed by atoms with Crippen LogP contribution in [0.2, 0.25) is 0 Å². The lowest BCUT2D eigenvalue weighted by Crippen LogP contribution is -2.42. The number of nitrogens with one attached hydrogen (secondary N) is 1. The second-order valence-electron chi connectivity index (χ2n) is 6.66. The first-order valence-electron chi connectivity index (χ1n) is 9.46. The van der Waals surface area contributed by atoms with Gasteiger partial charge in [-0.15, -0.1) is 0 Å². The van der Waals surface area contributed by atoms with Gasteiger partial charge in [0.2, 0.25) is 11.8 Å². The molecule has 1 aliphatic heterocycles. The molecule has 1 aliphatic rings. The molecule has 0 spiro atoms. The van der Waals surface area contributed by atoms with Gasteiger partial charge in [0.15, 0.2) is 0 Å². The average Bonchev–Trinajstić information content (AvgIpc) is 2.63. The van der Waals surface area contributed by atoms with E-state index in [1.165, 1.54) is 0 Å². The van der Waals surface area contributed by atoms with Crippen LogP contribution in [0.5, 0.6) is 0 Å². The predicted octanol–water partition coefficient (Wildman–Crippen LogP) is 1.75. The number of morpholine rings is 1. The van der Waals surface area contributed by atoms with Gasteiger partial charge >= 0.3 is 0 Å². The van der Waals surface area contributed by atoms with Gasteiger partial charge in [-0.2, -0.15) is 0 Å². The molecule has 2 amide bonds. The van der Waals surface area contributed by atoms with E-state index < -0.39 is 0 Å². The van der Waals surface area contributed by atoms with Crippen molar-refractivity contribution >= 4 is 17.5 Å².